The van der Waals surface area contributed by atoms with Crippen LogP contribution in [-0.2, 0) is 11.3 Å². The van der Waals surface area contributed by atoms with Gasteiger partial charge in [-0.05, 0) is 40.9 Å². The van der Waals surface area contributed by atoms with Gasteiger partial charge in [0.05, 0.1) is 25.2 Å². The number of benzene rings is 1. The molecule has 1 aromatic carbocycles. The molecule has 3 amide bonds. The second-order valence-electron chi connectivity index (χ2n) is 6.97. The molecule has 1 saturated carbocycles. The van der Waals surface area contributed by atoms with Crippen molar-refractivity contribution in [1.29, 1.82) is 0 Å². The molecule has 1 aliphatic heterocycles. The molecule has 7 heteroatoms. The summed E-state index contributed by atoms with van der Waals surface area (Å²) >= 11 is 3.43. The molecule has 0 atom stereocenters. The Morgan fingerprint density at radius 2 is 1.65 bits per heavy atom. The van der Waals surface area contributed by atoms with E-state index in [1.165, 1.54) is 11.3 Å². The minimum atomic E-state index is -0.732. The van der Waals surface area contributed by atoms with Crippen molar-refractivity contribution in [2.75, 3.05) is 14.2 Å². The average Bonchev–Trinajstić information content (AvgIpc) is 2.84. The maximum Gasteiger partial charge on any atom is 0.325 e. The Morgan fingerprint density at radius 1 is 1.04 bits per heavy atom. The zero-order valence-corrected chi connectivity index (χ0v) is 16.9. The van der Waals surface area contributed by atoms with Gasteiger partial charge in [-0.2, -0.15) is 0 Å². The Labute approximate surface area is 162 Å². The molecule has 0 unspecified atom stereocenters. The minimum Gasteiger partial charge on any atom is -0.496 e. The summed E-state index contributed by atoms with van der Waals surface area (Å²) in [6.45, 7) is 0.166. The fourth-order valence-electron chi connectivity index (χ4n) is 3.89. The molecule has 142 valence electrons. The van der Waals surface area contributed by atoms with Crippen molar-refractivity contribution in [3.8, 4) is 11.5 Å². The second-order valence-corrected chi connectivity index (χ2v) is 7.82. The van der Waals surface area contributed by atoms with Crippen molar-refractivity contribution in [2.24, 2.45) is 0 Å². The first-order valence-corrected chi connectivity index (χ1v) is 9.84. The lowest BCUT2D eigenvalue weighted by molar-refractivity contribution is -0.132. The normalized spacial score (nSPS) is 19.9. The molecule has 1 spiro atoms. The SMILES string of the molecule is COc1cc(CN2C(=O)NC3(CCCCCCC3)C2=O)c(OC)cc1Br. The molecule has 1 N–H and O–H groups in total. The van der Waals surface area contributed by atoms with E-state index in [0.29, 0.717) is 11.5 Å². The fraction of sp³-hybridized carbons (Fsp3) is 0.579. The minimum absolute atomic E-state index is 0.117. The van der Waals surface area contributed by atoms with Crippen LogP contribution >= 0.6 is 15.9 Å². The number of hydrogen-bond donors (Lipinski definition) is 1. The number of urea groups is 1. The van der Waals surface area contributed by atoms with Gasteiger partial charge in [0.2, 0.25) is 0 Å². The van der Waals surface area contributed by atoms with Gasteiger partial charge in [0.25, 0.3) is 5.91 Å². The first-order valence-electron chi connectivity index (χ1n) is 9.05. The molecular formula is C19H25BrN2O4. The number of nitrogens with zero attached hydrogens (tertiary/aromatic N) is 1. The molecule has 6 nitrogen and oxygen atoms in total. The molecule has 0 radical (unpaired) electrons. The van der Waals surface area contributed by atoms with Crippen molar-refractivity contribution in [3.63, 3.8) is 0 Å². The summed E-state index contributed by atoms with van der Waals surface area (Å²) in [6.07, 6.45) is 6.80. The van der Waals surface area contributed by atoms with Crippen molar-refractivity contribution in [3.05, 3.63) is 22.2 Å². The summed E-state index contributed by atoms with van der Waals surface area (Å²) in [7, 11) is 3.15. The van der Waals surface area contributed by atoms with Crippen LogP contribution in [0, 0.1) is 0 Å². The van der Waals surface area contributed by atoms with Crippen LogP contribution in [0.5, 0.6) is 11.5 Å². The molecule has 1 aliphatic carbocycles. The predicted molar refractivity (Wildman–Crippen MR) is 101 cm³/mol. The first-order chi connectivity index (χ1) is 12.5. The number of carbonyl (C=O) groups excluding carboxylic acids is 2. The number of carbonyl (C=O) groups is 2. The van der Waals surface area contributed by atoms with Gasteiger partial charge >= 0.3 is 6.03 Å². The largest absolute Gasteiger partial charge is 0.496 e. The lowest BCUT2D eigenvalue weighted by Crippen LogP contribution is -2.47. The van der Waals surface area contributed by atoms with Crippen LogP contribution in [0.4, 0.5) is 4.79 Å². The second kappa shape index (κ2) is 7.86. The molecule has 1 saturated heterocycles. The number of nitrogens with one attached hydrogen (secondary N) is 1. The molecule has 2 fully saturated rings. The van der Waals surface area contributed by atoms with Gasteiger partial charge in [0, 0.05) is 5.56 Å². The zero-order valence-electron chi connectivity index (χ0n) is 15.3. The maximum absolute atomic E-state index is 13.1. The van der Waals surface area contributed by atoms with Gasteiger partial charge in [-0.25, -0.2) is 4.79 Å². The van der Waals surface area contributed by atoms with Crippen LogP contribution in [0.15, 0.2) is 16.6 Å². The lowest BCUT2D eigenvalue weighted by Gasteiger charge is -2.28. The molecular weight excluding hydrogens is 400 g/mol. The van der Waals surface area contributed by atoms with Gasteiger partial charge in [0.1, 0.15) is 17.0 Å². The number of hydrogen-bond acceptors (Lipinski definition) is 4. The van der Waals surface area contributed by atoms with Gasteiger partial charge in [-0.15, -0.1) is 0 Å². The van der Waals surface area contributed by atoms with E-state index < -0.39 is 5.54 Å². The number of amides is 3. The van der Waals surface area contributed by atoms with Gasteiger partial charge in [-0.1, -0.05) is 32.1 Å². The van der Waals surface area contributed by atoms with Gasteiger partial charge in [-0.3, -0.25) is 9.69 Å². The molecule has 0 aromatic heterocycles. The molecule has 0 bridgehead atoms. The van der Waals surface area contributed by atoms with Crippen LogP contribution in [0.25, 0.3) is 0 Å². The standard InChI is InChI=1S/C19H25BrN2O4/c1-25-15-11-14(20)16(26-2)10-13(15)12-22-17(23)19(21-18(22)24)8-6-4-3-5-7-9-19/h10-11H,3-9,12H2,1-2H3,(H,21,24). The zero-order chi connectivity index (χ0) is 18.7. The van der Waals surface area contributed by atoms with E-state index in [2.05, 4.69) is 21.2 Å². The third-order valence-corrected chi connectivity index (χ3v) is 5.96. The Morgan fingerprint density at radius 3 is 2.27 bits per heavy atom. The molecule has 26 heavy (non-hydrogen) atoms. The Hall–Kier alpha value is -1.76. The summed E-state index contributed by atoms with van der Waals surface area (Å²) in [5.74, 6) is 1.12. The summed E-state index contributed by atoms with van der Waals surface area (Å²) in [4.78, 5) is 27.1. The summed E-state index contributed by atoms with van der Waals surface area (Å²) < 4.78 is 11.5. The monoisotopic (exact) mass is 424 g/mol. The topological polar surface area (TPSA) is 67.9 Å². The maximum atomic E-state index is 13.1. The highest BCUT2D eigenvalue weighted by molar-refractivity contribution is 9.10. The van der Waals surface area contributed by atoms with Crippen molar-refractivity contribution >= 4 is 27.9 Å². The third-order valence-electron chi connectivity index (χ3n) is 5.34. The third kappa shape index (κ3) is 3.54. The van der Waals surface area contributed by atoms with E-state index in [9.17, 15) is 9.59 Å². The number of rotatable bonds is 4. The summed E-state index contributed by atoms with van der Waals surface area (Å²) in [5.41, 5.74) is 0.00318. The van der Waals surface area contributed by atoms with Crippen molar-refractivity contribution in [1.82, 2.24) is 10.2 Å². The lowest BCUT2D eigenvalue weighted by atomic mass is 9.84. The highest BCUT2D eigenvalue weighted by Gasteiger charge is 2.50. The first kappa shape index (κ1) is 19.0. The molecule has 2 aliphatic rings. The number of methoxy groups -OCH3 is 2. The highest BCUT2D eigenvalue weighted by atomic mass is 79.9. The molecule has 3 rings (SSSR count). The van der Waals surface area contributed by atoms with Crippen molar-refractivity contribution in [2.45, 2.75) is 57.0 Å². The summed E-state index contributed by atoms with van der Waals surface area (Å²) in [5, 5.41) is 2.99. The van der Waals surface area contributed by atoms with Gasteiger partial charge in [0.15, 0.2) is 0 Å². The van der Waals surface area contributed by atoms with E-state index in [4.69, 9.17) is 9.47 Å². The quantitative estimate of drug-likeness (QED) is 0.741. The van der Waals surface area contributed by atoms with E-state index in [-0.39, 0.29) is 18.5 Å². The smallest absolute Gasteiger partial charge is 0.325 e. The predicted octanol–water partition coefficient (Wildman–Crippen LogP) is 4.00. The Kier molecular flexibility index (Phi) is 5.75. The van der Waals surface area contributed by atoms with E-state index >= 15 is 0 Å². The molecule has 1 aromatic rings. The van der Waals surface area contributed by atoms with E-state index in [1.807, 2.05) is 0 Å². The average molecular weight is 425 g/mol. The number of halogens is 1. The Balaban J connectivity index is 1.86. The van der Waals surface area contributed by atoms with Crippen LogP contribution in [0.2, 0.25) is 0 Å². The van der Waals surface area contributed by atoms with Crippen LogP contribution in [-0.4, -0.2) is 36.6 Å². The fourth-order valence-corrected chi connectivity index (χ4v) is 4.37. The highest BCUT2D eigenvalue weighted by Crippen LogP contribution is 2.36. The van der Waals surface area contributed by atoms with E-state index in [1.54, 1.807) is 26.4 Å². The Bertz CT molecular complexity index is 699. The molecule has 1 heterocycles. The van der Waals surface area contributed by atoms with Crippen LogP contribution in [0.1, 0.15) is 50.5 Å². The summed E-state index contributed by atoms with van der Waals surface area (Å²) in [6, 6.07) is 3.27. The number of ether oxygens (including phenoxy) is 2. The van der Waals surface area contributed by atoms with Crippen LogP contribution < -0.4 is 14.8 Å². The van der Waals surface area contributed by atoms with Crippen LogP contribution in [0.3, 0.4) is 0 Å². The van der Waals surface area contributed by atoms with E-state index in [0.717, 1.165) is 48.6 Å². The van der Waals surface area contributed by atoms with Gasteiger partial charge < -0.3 is 14.8 Å². The van der Waals surface area contributed by atoms with Crippen molar-refractivity contribution < 1.29 is 19.1 Å². The number of imide groups is 1.